The van der Waals surface area contributed by atoms with Crippen molar-refractivity contribution >= 4 is 47.2 Å². The van der Waals surface area contributed by atoms with Crippen LogP contribution in [0.3, 0.4) is 0 Å². The van der Waals surface area contributed by atoms with Crippen LogP contribution in [-0.2, 0) is 13.2 Å². The molecule has 2 rings (SSSR count). The maximum Gasteiger partial charge on any atom is 0.124 e. The zero-order valence-corrected chi connectivity index (χ0v) is 19.4. The molecule has 0 aromatic heterocycles. The van der Waals surface area contributed by atoms with Crippen molar-refractivity contribution in [3.63, 3.8) is 0 Å². The molecule has 2 aromatic rings. The minimum atomic E-state index is 0. The fraction of sp³-hybridized carbons (Fsp3) is 0.455. The molecule has 6 heteroatoms. The topological polar surface area (TPSA) is 21.3 Å². The summed E-state index contributed by atoms with van der Waals surface area (Å²) in [5.41, 5.74) is 1.96. The summed E-state index contributed by atoms with van der Waals surface area (Å²) in [6.07, 6.45) is 7.77. The average molecular weight is 465 g/mol. The van der Waals surface area contributed by atoms with Crippen molar-refractivity contribution in [2.24, 2.45) is 0 Å². The SMILES string of the molecule is CCCCCCCCNCc1cc(Cl)ccc1OCc1ccc(Cl)cc1Cl.Cl. The molecule has 0 fully saturated rings. The van der Waals surface area contributed by atoms with Gasteiger partial charge < -0.3 is 10.1 Å². The minimum Gasteiger partial charge on any atom is -0.489 e. The monoisotopic (exact) mass is 463 g/mol. The van der Waals surface area contributed by atoms with Gasteiger partial charge in [0.05, 0.1) is 0 Å². The molecule has 2 nitrogen and oxygen atoms in total. The number of halogens is 4. The third-order valence-electron chi connectivity index (χ3n) is 4.44. The first kappa shape index (κ1) is 25.4. The second kappa shape index (κ2) is 14.4. The number of unbranched alkanes of at least 4 members (excludes halogenated alkanes) is 5. The van der Waals surface area contributed by atoms with Gasteiger partial charge in [-0.2, -0.15) is 0 Å². The van der Waals surface area contributed by atoms with E-state index in [1.165, 1.54) is 38.5 Å². The minimum absolute atomic E-state index is 0. The maximum absolute atomic E-state index is 6.23. The van der Waals surface area contributed by atoms with Crippen molar-refractivity contribution in [3.8, 4) is 5.75 Å². The van der Waals surface area contributed by atoms with Gasteiger partial charge in [-0.25, -0.2) is 0 Å². The average Bonchev–Trinajstić information content (AvgIpc) is 2.64. The second-order valence-electron chi connectivity index (χ2n) is 6.72. The lowest BCUT2D eigenvalue weighted by molar-refractivity contribution is 0.302. The maximum atomic E-state index is 6.23. The second-order valence-corrected chi connectivity index (χ2v) is 8.00. The van der Waals surface area contributed by atoms with Gasteiger partial charge in [0, 0.05) is 32.7 Å². The summed E-state index contributed by atoms with van der Waals surface area (Å²) in [6.45, 7) is 4.37. The van der Waals surface area contributed by atoms with E-state index in [0.717, 1.165) is 30.0 Å². The van der Waals surface area contributed by atoms with Crippen LogP contribution in [0.1, 0.15) is 56.6 Å². The van der Waals surface area contributed by atoms with Gasteiger partial charge in [0.1, 0.15) is 12.4 Å². The van der Waals surface area contributed by atoms with Crippen LogP contribution in [0.4, 0.5) is 0 Å². The van der Waals surface area contributed by atoms with Gasteiger partial charge >= 0.3 is 0 Å². The van der Waals surface area contributed by atoms with Crippen molar-refractivity contribution < 1.29 is 4.74 Å². The van der Waals surface area contributed by atoms with Gasteiger partial charge in [0.2, 0.25) is 0 Å². The van der Waals surface area contributed by atoms with E-state index < -0.39 is 0 Å². The van der Waals surface area contributed by atoms with E-state index in [4.69, 9.17) is 39.5 Å². The van der Waals surface area contributed by atoms with Gasteiger partial charge in [0.15, 0.2) is 0 Å². The predicted octanol–water partition coefficient (Wildman–Crippen LogP) is 8.10. The summed E-state index contributed by atoms with van der Waals surface area (Å²) < 4.78 is 6.00. The van der Waals surface area contributed by atoms with E-state index in [2.05, 4.69) is 12.2 Å². The third kappa shape index (κ3) is 9.24. The summed E-state index contributed by atoms with van der Waals surface area (Å²) >= 11 is 18.3. The van der Waals surface area contributed by atoms with Crippen LogP contribution in [0, 0.1) is 0 Å². The fourth-order valence-electron chi connectivity index (χ4n) is 2.87. The smallest absolute Gasteiger partial charge is 0.124 e. The normalized spacial score (nSPS) is 10.6. The molecule has 1 N–H and O–H groups in total. The number of nitrogens with one attached hydrogen (secondary N) is 1. The molecule has 0 amide bonds. The lowest BCUT2D eigenvalue weighted by atomic mass is 10.1. The lowest BCUT2D eigenvalue weighted by Crippen LogP contribution is -2.15. The van der Waals surface area contributed by atoms with Crippen molar-refractivity contribution in [3.05, 3.63) is 62.6 Å². The quantitative estimate of drug-likeness (QED) is 0.320. The number of hydrogen-bond donors (Lipinski definition) is 1. The summed E-state index contributed by atoms with van der Waals surface area (Å²) in [6, 6.07) is 11.1. The first-order valence-electron chi connectivity index (χ1n) is 9.66. The molecule has 0 radical (unpaired) electrons. The van der Waals surface area contributed by atoms with Crippen LogP contribution in [0.2, 0.25) is 15.1 Å². The zero-order chi connectivity index (χ0) is 19.5. The predicted molar refractivity (Wildman–Crippen MR) is 125 cm³/mol. The molecule has 0 aliphatic heterocycles. The van der Waals surface area contributed by atoms with Crippen molar-refractivity contribution in [1.29, 1.82) is 0 Å². The van der Waals surface area contributed by atoms with Gasteiger partial charge in [-0.1, -0.05) is 79.9 Å². The van der Waals surface area contributed by atoms with E-state index in [0.29, 0.717) is 21.7 Å². The number of ether oxygens (including phenoxy) is 1. The molecular weight excluding hydrogens is 436 g/mol. The molecule has 28 heavy (non-hydrogen) atoms. The van der Waals surface area contributed by atoms with Crippen LogP contribution in [-0.4, -0.2) is 6.54 Å². The Hall–Kier alpha value is -0.640. The molecule has 0 aliphatic carbocycles. The van der Waals surface area contributed by atoms with Crippen molar-refractivity contribution in [1.82, 2.24) is 5.32 Å². The zero-order valence-electron chi connectivity index (χ0n) is 16.3. The first-order chi connectivity index (χ1) is 13.1. The Bertz CT molecular complexity index is 709. The van der Waals surface area contributed by atoms with E-state index in [1.54, 1.807) is 6.07 Å². The summed E-state index contributed by atoms with van der Waals surface area (Å²) in [5.74, 6) is 0.820. The number of benzene rings is 2. The Kier molecular flexibility index (Phi) is 13.0. The molecule has 0 aliphatic rings. The molecule has 0 unspecified atom stereocenters. The van der Waals surface area contributed by atoms with Gasteiger partial charge in [-0.3, -0.25) is 0 Å². The van der Waals surface area contributed by atoms with Gasteiger partial charge in [0.25, 0.3) is 0 Å². The Labute approximate surface area is 190 Å². The highest BCUT2D eigenvalue weighted by atomic mass is 35.5. The Morgan fingerprint density at radius 2 is 1.50 bits per heavy atom. The molecule has 0 saturated heterocycles. The third-order valence-corrected chi connectivity index (χ3v) is 5.27. The van der Waals surface area contributed by atoms with Crippen LogP contribution in [0.5, 0.6) is 5.75 Å². The molecule has 0 heterocycles. The molecular formula is C22H29Cl4NO. The van der Waals surface area contributed by atoms with Crippen LogP contribution in [0.15, 0.2) is 36.4 Å². The Morgan fingerprint density at radius 1 is 0.821 bits per heavy atom. The van der Waals surface area contributed by atoms with E-state index >= 15 is 0 Å². The molecule has 0 saturated carbocycles. The van der Waals surface area contributed by atoms with Gasteiger partial charge in [-0.05, 0) is 43.3 Å². The van der Waals surface area contributed by atoms with Crippen LogP contribution >= 0.6 is 47.2 Å². The van der Waals surface area contributed by atoms with E-state index in [1.807, 2.05) is 30.3 Å². The van der Waals surface area contributed by atoms with Crippen LogP contribution in [0.25, 0.3) is 0 Å². The Morgan fingerprint density at radius 3 is 2.25 bits per heavy atom. The highest BCUT2D eigenvalue weighted by Gasteiger charge is 2.07. The largest absolute Gasteiger partial charge is 0.489 e. The standard InChI is InChI=1S/C22H28Cl3NO.ClH/c1-2-3-4-5-6-7-12-26-15-18-13-19(23)10-11-22(18)27-16-17-8-9-20(24)14-21(17)25;/h8-11,13-14,26H,2-7,12,15-16H2,1H3;1H. The lowest BCUT2D eigenvalue weighted by Gasteiger charge is -2.14. The molecule has 0 spiro atoms. The first-order valence-corrected chi connectivity index (χ1v) is 10.8. The van der Waals surface area contributed by atoms with E-state index in [9.17, 15) is 0 Å². The highest BCUT2D eigenvalue weighted by molar-refractivity contribution is 6.35. The number of hydrogen-bond acceptors (Lipinski definition) is 2. The number of rotatable bonds is 12. The molecule has 156 valence electrons. The Balaban J connectivity index is 0.00000392. The van der Waals surface area contributed by atoms with Gasteiger partial charge in [-0.15, -0.1) is 12.4 Å². The van der Waals surface area contributed by atoms with Crippen molar-refractivity contribution in [2.45, 2.75) is 58.6 Å². The molecule has 2 aromatic carbocycles. The van der Waals surface area contributed by atoms with Crippen LogP contribution < -0.4 is 10.1 Å². The summed E-state index contributed by atoms with van der Waals surface area (Å²) in [4.78, 5) is 0. The molecule has 0 atom stereocenters. The summed E-state index contributed by atoms with van der Waals surface area (Å²) in [7, 11) is 0. The van der Waals surface area contributed by atoms with Crippen molar-refractivity contribution in [2.75, 3.05) is 6.54 Å². The molecule has 0 bridgehead atoms. The summed E-state index contributed by atoms with van der Waals surface area (Å²) in [5, 5.41) is 5.44. The fourth-order valence-corrected chi connectivity index (χ4v) is 3.53. The van der Waals surface area contributed by atoms with E-state index in [-0.39, 0.29) is 12.4 Å². The highest BCUT2D eigenvalue weighted by Crippen LogP contribution is 2.26.